The summed E-state index contributed by atoms with van der Waals surface area (Å²) in [5, 5.41) is 0. The molecular weight excluding hydrogens is 654 g/mol. The van der Waals surface area contributed by atoms with E-state index >= 15 is 0 Å². The number of amides is 1. The van der Waals surface area contributed by atoms with E-state index in [4.69, 9.17) is 14.2 Å². The van der Waals surface area contributed by atoms with Gasteiger partial charge in [0.05, 0.1) is 37.0 Å². The van der Waals surface area contributed by atoms with Crippen molar-refractivity contribution in [1.82, 2.24) is 9.88 Å². The Morgan fingerprint density at radius 1 is 1.00 bits per heavy atom. The molecule has 2 heterocycles. The average Bonchev–Trinajstić information content (AvgIpc) is 3.31. The number of alkyl halides is 6. The van der Waals surface area contributed by atoms with E-state index in [1.54, 1.807) is 31.3 Å². The fraction of sp³-hybridized carbons (Fsp3) is 0.417. The number of hydrogen-bond donors (Lipinski definition) is 0. The second-order valence-corrected chi connectivity index (χ2v) is 13.2. The van der Waals surface area contributed by atoms with E-state index in [0.717, 1.165) is 34.3 Å². The molecule has 1 fully saturated rings. The molecule has 1 amide bonds. The number of hydrogen-bond acceptors (Lipinski definition) is 6. The molecule has 0 N–H and O–H groups in total. The molecule has 5 rings (SSSR count). The lowest BCUT2D eigenvalue weighted by molar-refractivity contribution is -0.143. The predicted octanol–water partition coefficient (Wildman–Crippen LogP) is 9.44. The van der Waals surface area contributed by atoms with Crippen molar-refractivity contribution in [3.63, 3.8) is 0 Å². The van der Waals surface area contributed by atoms with Crippen molar-refractivity contribution in [1.29, 1.82) is 0 Å². The molecule has 1 saturated heterocycles. The second-order valence-electron chi connectivity index (χ2n) is 13.2. The van der Waals surface area contributed by atoms with Gasteiger partial charge < -0.3 is 14.2 Å². The molecule has 3 aromatic rings. The predicted molar refractivity (Wildman–Crippen MR) is 169 cm³/mol. The number of benzene rings is 2. The molecule has 0 saturated carbocycles. The van der Waals surface area contributed by atoms with Gasteiger partial charge in [-0.3, -0.25) is 4.90 Å². The minimum Gasteiger partial charge on any atom is -0.481 e. The monoisotopic (exact) mass is 690 g/mol. The van der Waals surface area contributed by atoms with Gasteiger partial charge in [0, 0.05) is 23.9 Å². The number of halogens is 6. The maximum absolute atomic E-state index is 13.6. The Hall–Kier alpha value is -4.55. The summed E-state index contributed by atoms with van der Waals surface area (Å²) in [4.78, 5) is 31.2. The van der Waals surface area contributed by atoms with Crippen LogP contribution in [0, 0.1) is 12.3 Å². The van der Waals surface area contributed by atoms with Crippen LogP contribution in [0.4, 0.5) is 31.1 Å². The maximum Gasteiger partial charge on any atom is 0.416 e. The lowest BCUT2D eigenvalue weighted by atomic mass is 9.72. The van der Waals surface area contributed by atoms with Crippen molar-refractivity contribution in [3.05, 3.63) is 87.6 Å². The summed E-state index contributed by atoms with van der Waals surface area (Å²) in [6, 6.07) is 7.46. The summed E-state index contributed by atoms with van der Waals surface area (Å²) in [6.07, 6.45) is -8.72. The summed E-state index contributed by atoms with van der Waals surface area (Å²) < 4.78 is 97.7. The number of carbonyl (C=O) groups is 2. The molecule has 7 nitrogen and oxygen atoms in total. The van der Waals surface area contributed by atoms with Crippen LogP contribution < -0.4 is 4.74 Å². The van der Waals surface area contributed by atoms with Gasteiger partial charge in [-0.1, -0.05) is 19.9 Å². The van der Waals surface area contributed by atoms with E-state index < -0.39 is 53.3 Å². The van der Waals surface area contributed by atoms with Crippen LogP contribution in [-0.4, -0.2) is 48.8 Å². The molecule has 0 spiro atoms. The number of aromatic nitrogens is 1. The first kappa shape index (κ1) is 35.7. The Labute approximate surface area is 279 Å². The number of cyclic esters (lactones) is 1. The SMILES string of the molecule is COC(=O)c1ccc(-c2cnc(OC)c(C3=C(CN4C(=O)O[C@H](c5cc(C(F)(F)F)cc(C(F)(F)F)c5)[C@@H]4C)CC(C)(C)CC3)c2)c(C)c1. The first-order valence-electron chi connectivity index (χ1n) is 15.5. The van der Waals surface area contributed by atoms with Crippen LogP contribution in [0.1, 0.15) is 84.3 Å². The van der Waals surface area contributed by atoms with E-state index in [-0.39, 0.29) is 18.0 Å². The van der Waals surface area contributed by atoms with Gasteiger partial charge >= 0.3 is 24.4 Å². The number of carbonyl (C=O) groups excluding carboxylic acids is 2. The van der Waals surface area contributed by atoms with Crippen LogP contribution in [0.15, 0.2) is 54.2 Å². The number of ether oxygens (including phenoxy) is 3. The number of methoxy groups -OCH3 is 2. The Morgan fingerprint density at radius 3 is 2.22 bits per heavy atom. The fourth-order valence-electron chi connectivity index (χ4n) is 6.61. The minimum atomic E-state index is -5.04. The van der Waals surface area contributed by atoms with Crippen LogP contribution in [0.25, 0.3) is 16.7 Å². The van der Waals surface area contributed by atoms with Gasteiger partial charge in [0.1, 0.15) is 6.10 Å². The van der Waals surface area contributed by atoms with E-state index in [0.29, 0.717) is 42.0 Å². The Morgan fingerprint density at radius 2 is 1.65 bits per heavy atom. The Kier molecular flexibility index (Phi) is 9.52. The second kappa shape index (κ2) is 13.1. The van der Waals surface area contributed by atoms with E-state index in [1.807, 2.05) is 13.0 Å². The summed E-state index contributed by atoms with van der Waals surface area (Å²) in [6.45, 7) is 7.59. The largest absolute Gasteiger partial charge is 0.481 e. The number of rotatable bonds is 7. The molecule has 2 aliphatic rings. The lowest BCUT2D eigenvalue weighted by Crippen LogP contribution is -2.35. The van der Waals surface area contributed by atoms with Gasteiger partial charge in [-0.25, -0.2) is 14.6 Å². The molecule has 49 heavy (non-hydrogen) atoms. The summed E-state index contributed by atoms with van der Waals surface area (Å²) in [5.74, 6) is -0.119. The van der Waals surface area contributed by atoms with Crippen LogP contribution in [0.2, 0.25) is 0 Å². The zero-order valence-corrected chi connectivity index (χ0v) is 27.8. The number of pyridine rings is 1. The molecule has 262 valence electrons. The Bertz CT molecular complexity index is 1780. The number of allylic oxidation sites excluding steroid dienone is 1. The standard InChI is InChI=1S/C36H36F6N2O5/c1-19-11-21(32(45)48-6)7-8-27(19)23-14-29(31(47-5)43-17-23)28-9-10-34(3,4)16-24(28)18-44-20(2)30(49-33(44)46)22-12-25(35(37,38)39)15-26(13-22)36(40,41)42/h7-8,11-15,17,20,30H,9-10,16,18H2,1-6H3/t20-,30-/m0/s1. The average molecular weight is 691 g/mol. The molecule has 1 aliphatic heterocycles. The molecule has 2 aromatic carbocycles. The summed E-state index contributed by atoms with van der Waals surface area (Å²) in [5.41, 5.74) is 1.65. The van der Waals surface area contributed by atoms with Gasteiger partial charge in [0.15, 0.2) is 0 Å². The highest BCUT2D eigenvalue weighted by molar-refractivity contribution is 5.90. The molecule has 1 aromatic heterocycles. The van der Waals surface area contributed by atoms with Crippen molar-refractivity contribution in [3.8, 4) is 17.0 Å². The third kappa shape index (κ3) is 7.40. The topological polar surface area (TPSA) is 78.0 Å². The highest BCUT2D eigenvalue weighted by Crippen LogP contribution is 2.47. The van der Waals surface area contributed by atoms with Crippen molar-refractivity contribution in [2.75, 3.05) is 20.8 Å². The normalized spacial score (nSPS) is 19.6. The highest BCUT2D eigenvalue weighted by Gasteiger charge is 2.44. The number of esters is 1. The van der Waals surface area contributed by atoms with Crippen molar-refractivity contribution >= 4 is 17.6 Å². The summed E-state index contributed by atoms with van der Waals surface area (Å²) in [7, 11) is 2.80. The van der Waals surface area contributed by atoms with Gasteiger partial charge in [0.25, 0.3) is 0 Å². The van der Waals surface area contributed by atoms with Crippen molar-refractivity contribution in [2.24, 2.45) is 5.41 Å². The molecule has 0 unspecified atom stereocenters. The Balaban J connectivity index is 1.54. The van der Waals surface area contributed by atoms with Crippen molar-refractivity contribution in [2.45, 2.75) is 71.5 Å². The van der Waals surface area contributed by atoms with Crippen LogP contribution >= 0.6 is 0 Å². The zero-order valence-electron chi connectivity index (χ0n) is 27.8. The smallest absolute Gasteiger partial charge is 0.416 e. The first-order chi connectivity index (χ1) is 22.8. The highest BCUT2D eigenvalue weighted by atomic mass is 19.4. The van der Waals surface area contributed by atoms with Gasteiger partial charge in [-0.15, -0.1) is 0 Å². The molecule has 0 bridgehead atoms. The van der Waals surface area contributed by atoms with Crippen LogP contribution in [0.3, 0.4) is 0 Å². The molecule has 0 radical (unpaired) electrons. The molecule has 1 aliphatic carbocycles. The number of aryl methyl sites for hydroxylation is 1. The van der Waals surface area contributed by atoms with E-state index in [9.17, 15) is 35.9 Å². The zero-order chi connectivity index (χ0) is 36.1. The van der Waals surface area contributed by atoms with Gasteiger partial charge in [-0.05, 0) is 103 Å². The van der Waals surface area contributed by atoms with Crippen molar-refractivity contribution < 1.29 is 50.1 Å². The van der Waals surface area contributed by atoms with E-state index in [1.165, 1.54) is 19.1 Å². The van der Waals surface area contributed by atoms with Gasteiger partial charge in [0.2, 0.25) is 5.88 Å². The third-order valence-electron chi connectivity index (χ3n) is 9.19. The number of nitrogens with zero attached hydrogens (tertiary/aromatic N) is 2. The minimum absolute atomic E-state index is 0.0284. The molecule has 2 atom stereocenters. The van der Waals surface area contributed by atoms with Gasteiger partial charge in [-0.2, -0.15) is 26.3 Å². The summed E-state index contributed by atoms with van der Waals surface area (Å²) >= 11 is 0. The van der Waals surface area contributed by atoms with Crippen LogP contribution in [0.5, 0.6) is 5.88 Å². The van der Waals surface area contributed by atoms with E-state index in [2.05, 4.69) is 18.8 Å². The molecular formula is C36H36F6N2O5. The molecule has 13 heteroatoms. The quantitative estimate of drug-likeness (QED) is 0.182. The van der Waals surface area contributed by atoms with Crippen LogP contribution in [-0.2, 0) is 21.8 Å². The first-order valence-corrected chi connectivity index (χ1v) is 15.5. The third-order valence-corrected chi connectivity index (χ3v) is 9.19. The fourth-order valence-corrected chi connectivity index (χ4v) is 6.61. The maximum atomic E-state index is 13.6. The lowest BCUT2D eigenvalue weighted by Gasteiger charge is -2.35.